The van der Waals surface area contributed by atoms with Gasteiger partial charge in [0.15, 0.2) is 5.69 Å². The maximum Gasteiger partial charge on any atom is 0.419 e. The van der Waals surface area contributed by atoms with E-state index in [1.54, 1.807) is 0 Å². The van der Waals surface area contributed by atoms with E-state index in [2.05, 4.69) is 9.72 Å². The fourth-order valence-electron chi connectivity index (χ4n) is 1.24. The molecule has 1 atom stereocenters. The molecule has 1 heterocycles. The van der Waals surface area contributed by atoms with Gasteiger partial charge in [0.05, 0.1) is 28.4 Å². The molecule has 4 nitrogen and oxygen atoms in total. The molecule has 0 N–H and O–H groups in total. The van der Waals surface area contributed by atoms with Crippen LogP contribution in [0.5, 0.6) is 0 Å². The van der Waals surface area contributed by atoms with Gasteiger partial charge >= 0.3 is 12.1 Å². The molecule has 0 aliphatic rings. The van der Waals surface area contributed by atoms with Gasteiger partial charge in [0.25, 0.3) is 0 Å². The summed E-state index contributed by atoms with van der Waals surface area (Å²) in [5.41, 5.74) is -1.71. The SMILES string of the molecule is CCS(=O)c1cc(C(F)(F)F)c(Cl)nc1C(=O)OC. The zero-order chi connectivity index (χ0) is 14.8. The van der Waals surface area contributed by atoms with Gasteiger partial charge in [-0.3, -0.25) is 4.21 Å². The number of esters is 1. The van der Waals surface area contributed by atoms with E-state index in [0.717, 1.165) is 7.11 Å². The Kier molecular flexibility index (Phi) is 4.92. The van der Waals surface area contributed by atoms with Crippen LogP contribution in [0.4, 0.5) is 13.2 Å². The molecule has 1 aromatic heterocycles. The van der Waals surface area contributed by atoms with Crippen molar-refractivity contribution in [2.45, 2.75) is 18.0 Å². The summed E-state index contributed by atoms with van der Waals surface area (Å²) in [4.78, 5) is 14.4. The lowest BCUT2D eigenvalue weighted by Gasteiger charge is -2.12. The fraction of sp³-hybridized carbons (Fsp3) is 0.400. The van der Waals surface area contributed by atoms with Gasteiger partial charge in [-0.15, -0.1) is 0 Å². The predicted octanol–water partition coefficient (Wildman–Crippen LogP) is 2.67. The van der Waals surface area contributed by atoms with Crippen LogP contribution >= 0.6 is 11.6 Å². The summed E-state index contributed by atoms with van der Waals surface area (Å²) in [5, 5.41) is -0.884. The molecule has 1 aromatic rings. The first-order valence-corrected chi connectivity index (χ1v) is 6.66. The van der Waals surface area contributed by atoms with Crippen molar-refractivity contribution in [2.75, 3.05) is 12.9 Å². The summed E-state index contributed by atoms with van der Waals surface area (Å²) < 4.78 is 54.1. The van der Waals surface area contributed by atoms with Crippen molar-refractivity contribution in [3.8, 4) is 0 Å². The molecular formula is C10H9ClF3NO3S. The molecule has 0 saturated carbocycles. The number of carbonyl (C=O) groups is 1. The van der Waals surface area contributed by atoms with Gasteiger partial charge in [-0.2, -0.15) is 13.2 Å². The number of hydrogen-bond donors (Lipinski definition) is 0. The molecule has 0 spiro atoms. The molecule has 1 rings (SSSR count). The quantitative estimate of drug-likeness (QED) is 0.635. The number of nitrogens with zero attached hydrogens (tertiary/aromatic N) is 1. The van der Waals surface area contributed by atoms with Crippen LogP contribution in [0.1, 0.15) is 23.0 Å². The number of aromatic nitrogens is 1. The smallest absolute Gasteiger partial charge is 0.419 e. The molecule has 19 heavy (non-hydrogen) atoms. The third kappa shape index (κ3) is 3.44. The topological polar surface area (TPSA) is 56.3 Å². The van der Waals surface area contributed by atoms with E-state index < -0.39 is 39.4 Å². The second kappa shape index (κ2) is 5.87. The van der Waals surface area contributed by atoms with Crippen molar-refractivity contribution in [1.82, 2.24) is 4.98 Å². The molecule has 0 amide bonds. The molecule has 106 valence electrons. The second-order valence-corrected chi connectivity index (χ2v) is 5.36. The van der Waals surface area contributed by atoms with E-state index in [9.17, 15) is 22.2 Å². The van der Waals surface area contributed by atoms with E-state index in [-0.39, 0.29) is 10.6 Å². The van der Waals surface area contributed by atoms with Crippen LogP contribution in [0.25, 0.3) is 0 Å². The number of pyridine rings is 1. The molecule has 1 unspecified atom stereocenters. The number of carbonyl (C=O) groups excluding carboxylic acids is 1. The van der Waals surface area contributed by atoms with E-state index in [1.165, 1.54) is 6.92 Å². The summed E-state index contributed by atoms with van der Waals surface area (Å²) in [6, 6.07) is 0.571. The second-order valence-electron chi connectivity index (χ2n) is 3.30. The lowest BCUT2D eigenvalue weighted by molar-refractivity contribution is -0.137. The van der Waals surface area contributed by atoms with Crippen LogP contribution in [0.3, 0.4) is 0 Å². The van der Waals surface area contributed by atoms with Gasteiger partial charge in [-0.25, -0.2) is 9.78 Å². The Morgan fingerprint density at radius 2 is 2.11 bits per heavy atom. The highest BCUT2D eigenvalue weighted by Gasteiger charge is 2.36. The Labute approximate surface area is 114 Å². The third-order valence-corrected chi connectivity index (χ3v) is 3.75. The summed E-state index contributed by atoms with van der Waals surface area (Å²) in [6.07, 6.45) is -4.74. The average Bonchev–Trinajstić information content (AvgIpc) is 2.35. The van der Waals surface area contributed by atoms with E-state index >= 15 is 0 Å². The summed E-state index contributed by atoms with van der Waals surface area (Å²) in [5.74, 6) is -0.961. The van der Waals surface area contributed by atoms with Gasteiger partial charge in [0.2, 0.25) is 0 Å². The highest BCUT2D eigenvalue weighted by atomic mass is 35.5. The molecule has 0 aliphatic carbocycles. The zero-order valence-electron chi connectivity index (χ0n) is 9.88. The molecule has 9 heteroatoms. The van der Waals surface area contributed by atoms with Crippen molar-refractivity contribution in [1.29, 1.82) is 0 Å². The molecule has 0 radical (unpaired) electrons. The highest BCUT2D eigenvalue weighted by Crippen LogP contribution is 2.35. The monoisotopic (exact) mass is 315 g/mol. The number of methoxy groups -OCH3 is 1. The maximum absolute atomic E-state index is 12.7. The van der Waals surface area contributed by atoms with Crippen LogP contribution in [-0.4, -0.2) is 28.0 Å². The average molecular weight is 316 g/mol. The molecular weight excluding hydrogens is 307 g/mol. The standard InChI is InChI=1S/C10H9ClF3NO3S/c1-3-19(17)6-4-5(10(12,13)14)8(11)15-7(6)9(16)18-2/h4H,3H2,1-2H3. The minimum absolute atomic E-state index is 0.0323. The highest BCUT2D eigenvalue weighted by molar-refractivity contribution is 7.85. The zero-order valence-corrected chi connectivity index (χ0v) is 11.4. The first kappa shape index (κ1) is 15.9. The van der Waals surface area contributed by atoms with Gasteiger partial charge in [0.1, 0.15) is 5.15 Å². The van der Waals surface area contributed by atoms with Crippen LogP contribution < -0.4 is 0 Å². The van der Waals surface area contributed by atoms with Crippen LogP contribution in [0, 0.1) is 0 Å². The van der Waals surface area contributed by atoms with Gasteiger partial charge in [-0.1, -0.05) is 18.5 Å². The van der Waals surface area contributed by atoms with E-state index in [0.29, 0.717) is 6.07 Å². The van der Waals surface area contributed by atoms with E-state index in [4.69, 9.17) is 11.6 Å². The Hall–Kier alpha value is -1.15. The van der Waals surface area contributed by atoms with Crippen molar-refractivity contribution < 1.29 is 26.9 Å². The number of hydrogen-bond acceptors (Lipinski definition) is 4. The lowest BCUT2D eigenvalue weighted by Crippen LogP contribution is -2.15. The molecule has 0 fully saturated rings. The summed E-state index contributed by atoms with van der Waals surface area (Å²) in [6.45, 7) is 1.50. The molecule has 0 aliphatic heterocycles. The number of alkyl halides is 3. The number of rotatable bonds is 3. The van der Waals surface area contributed by atoms with Gasteiger partial charge in [0, 0.05) is 5.75 Å². The normalized spacial score (nSPS) is 13.2. The summed E-state index contributed by atoms with van der Waals surface area (Å²) in [7, 11) is -0.763. The molecule has 0 aromatic carbocycles. The summed E-state index contributed by atoms with van der Waals surface area (Å²) >= 11 is 5.40. The maximum atomic E-state index is 12.7. The van der Waals surface area contributed by atoms with Crippen molar-refractivity contribution in [3.05, 3.63) is 22.5 Å². The largest absolute Gasteiger partial charge is 0.464 e. The lowest BCUT2D eigenvalue weighted by atomic mass is 10.2. The van der Waals surface area contributed by atoms with Crippen LogP contribution in [0.2, 0.25) is 5.15 Å². The van der Waals surface area contributed by atoms with E-state index in [1.807, 2.05) is 0 Å². The Bertz CT molecular complexity index is 533. The van der Waals surface area contributed by atoms with Crippen molar-refractivity contribution in [2.24, 2.45) is 0 Å². The molecule has 0 bridgehead atoms. The molecule has 0 saturated heterocycles. The van der Waals surface area contributed by atoms with Crippen LogP contribution in [0.15, 0.2) is 11.0 Å². The van der Waals surface area contributed by atoms with Crippen LogP contribution in [-0.2, 0) is 21.7 Å². The first-order chi connectivity index (χ1) is 8.72. The third-order valence-electron chi connectivity index (χ3n) is 2.13. The Balaban J connectivity index is 3.55. The minimum Gasteiger partial charge on any atom is -0.464 e. The Morgan fingerprint density at radius 1 is 1.53 bits per heavy atom. The first-order valence-electron chi connectivity index (χ1n) is 4.96. The predicted molar refractivity (Wildman–Crippen MR) is 62.5 cm³/mol. The van der Waals surface area contributed by atoms with Gasteiger partial charge in [-0.05, 0) is 6.07 Å². The van der Waals surface area contributed by atoms with Crippen molar-refractivity contribution >= 4 is 28.4 Å². The Morgan fingerprint density at radius 3 is 2.53 bits per heavy atom. The fourth-order valence-corrected chi connectivity index (χ4v) is 2.39. The van der Waals surface area contributed by atoms with Gasteiger partial charge < -0.3 is 4.74 Å². The number of halogens is 4. The minimum atomic E-state index is -4.74. The number of ether oxygens (including phenoxy) is 1. The van der Waals surface area contributed by atoms with Crippen molar-refractivity contribution in [3.63, 3.8) is 0 Å².